The predicted molar refractivity (Wildman–Crippen MR) is 63.8 cm³/mol. The number of halogens is 1. The lowest BCUT2D eigenvalue weighted by Gasteiger charge is -2.10. The highest BCUT2D eigenvalue weighted by Gasteiger charge is 2.18. The van der Waals surface area contributed by atoms with Crippen LogP contribution < -0.4 is 9.47 Å². The number of nitrogens with zero attached hydrogens (tertiary/aromatic N) is 1. The number of aldehydes is 1. The van der Waals surface area contributed by atoms with Crippen LogP contribution in [0.25, 0.3) is 0 Å². The monoisotopic (exact) mass is 303 g/mol. The number of nitro benzene ring substituents is 1. The first kappa shape index (κ1) is 13.4. The van der Waals surface area contributed by atoms with Crippen molar-refractivity contribution in [3.05, 3.63) is 27.8 Å². The van der Waals surface area contributed by atoms with Gasteiger partial charge in [0, 0.05) is 10.9 Å². The molecule has 0 spiro atoms. The quantitative estimate of drug-likeness (QED) is 0.348. The van der Waals surface area contributed by atoms with E-state index < -0.39 is 4.92 Å². The van der Waals surface area contributed by atoms with E-state index in [1.54, 1.807) is 0 Å². The van der Waals surface area contributed by atoms with Gasteiger partial charge < -0.3 is 9.47 Å². The second-order valence-electron chi connectivity index (χ2n) is 3.00. The van der Waals surface area contributed by atoms with E-state index in [4.69, 9.17) is 9.47 Å². The Hall–Kier alpha value is -1.63. The molecule has 17 heavy (non-hydrogen) atoms. The number of carbonyl (C=O) groups excluding carboxylic acids is 1. The largest absolute Gasteiger partial charge is 0.493 e. The fourth-order valence-electron chi connectivity index (χ4n) is 1.26. The number of hydrogen-bond donors (Lipinski definition) is 0. The molecule has 0 unspecified atom stereocenters. The van der Waals surface area contributed by atoms with Crippen LogP contribution in [0.2, 0.25) is 0 Å². The zero-order chi connectivity index (χ0) is 12.8. The molecule has 0 heterocycles. The molecule has 0 radical (unpaired) electrons. The SMILES string of the molecule is COc1cc([N+](=O)[O-])c(CBr)cc1OCC=O. The molecule has 0 amide bonds. The summed E-state index contributed by atoms with van der Waals surface area (Å²) in [7, 11) is 1.38. The van der Waals surface area contributed by atoms with Crippen LogP contribution in [0, 0.1) is 10.1 Å². The summed E-state index contributed by atoms with van der Waals surface area (Å²) in [6.07, 6.45) is 0.592. The summed E-state index contributed by atoms with van der Waals surface area (Å²) in [5, 5.41) is 11.1. The third-order valence-electron chi connectivity index (χ3n) is 2.01. The van der Waals surface area contributed by atoms with Gasteiger partial charge in [0.2, 0.25) is 0 Å². The van der Waals surface area contributed by atoms with Crippen LogP contribution in [0.1, 0.15) is 5.56 Å². The molecule has 0 fully saturated rings. The van der Waals surface area contributed by atoms with Gasteiger partial charge in [-0.25, -0.2) is 0 Å². The van der Waals surface area contributed by atoms with E-state index in [9.17, 15) is 14.9 Å². The minimum Gasteiger partial charge on any atom is -0.493 e. The van der Waals surface area contributed by atoms with Crippen molar-refractivity contribution in [3.8, 4) is 11.5 Å². The topological polar surface area (TPSA) is 78.7 Å². The maximum atomic E-state index is 10.8. The molecule has 0 N–H and O–H groups in total. The summed E-state index contributed by atoms with van der Waals surface area (Å²) in [5.41, 5.74) is 0.397. The fourth-order valence-corrected chi connectivity index (χ4v) is 1.71. The van der Waals surface area contributed by atoms with Crippen molar-refractivity contribution < 1.29 is 19.2 Å². The van der Waals surface area contributed by atoms with E-state index in [0.717, 1.165) is 0 Å². The van der Waals surface area contributed by atoms with Crippen LogP contribution in [0.15, 0.2) is 12.1 Å². The average molecular weight is 304 g/mol. The molecular formula is C10H10BrNO5. The minimum absolute atomic E-state index is 0.0582. The van der Waals surface area contributed by atoms with Crippen molar-refractivity contribution in [3.63, 3.8) is 0 Å². The summed E-state index contributed by atoms with van der Waals surface area (Å²) in [6, 6.07) is 2.76. The van der Waals surface area contributed by atoms with E-state index in [1.165, 1.54) is 19.2 Å². The lowest BCUT2D eigenvalue weighted by molar-refractivity contribution is -0.385. The Bertz CT molecular complexity index is 435. The van der Waals surface area contributed by atoms with Gasteiger partial charge in [0.25, 0.3) is 5.69 Å². The number of ether oxygens (including phenoxy) is 2. The molecule has 92 valence electrons. The molecule has 0 bridgehead atoms. The van der Waals surface area contributed by atoms with E-state index in [0.29, 0.717) is 22.9 Å². The normalized spacial score (nSPS) is 9.76. The zero-order valence-corrected chi connectivity index (χ0v) is 10.6. The van der Waals surface area contributed by atoms with Crippen LogP contribution in [0.4, 0.5) is 5.69 Å². The number of rotatable bonds is 6. The number of nitro groups is 1. The van der Waals surface area contributed by atoms with Crippen molar-refractivity contribution in [1.82, 2.24) is 0 Å². The number of hydrogen-bond acceptors (Lipinski definition) is 5. The van der Waals surface area contributed by atoms with E-state index in [1.807, 2.05) is 0 Å². The first-order chi connectivity index (χ1) is 8.13. The summed E-state index contributed by atoms with van der Waals surface area (Å²) < 4.78 is 10.1. The molecule has 6 nitrogen and oxygen atoms in total. The Morgan fingerprint density at radius 3 is 2.65 bits per heavy atom. The first-order valence-electron chi connectivity index (χ1n) is 4.61. The molecule has 0 aliphatic rings. The number of alkyl halides is 1. The zero-order valence-electron chi connectivity index (χ0n) is 9.01. The van der Waals surface area contributed by atoms with Crippen LogP contribution in [-0.4, -0.2) is 24.9 Å². The van der Waals surface area contributed by atoms with Crippen molar-refractivity contribution in [1.29, 1.82) is 0 Å². The maximum absolute atomic E-state index is 10.8. The Labute approximate surface area is 106 Å². The third kappa shape index (κ3) is 3.16. The molecule has 1 rings (SSSR count). The molecule has 0 aliphatic heterocycles. The summed E-state index contributed by atoms with van der Waals surface area (Å²) in [6.45, 7) is -0.129. The van der Waals surface area contributed by atoms with Crippen molar-refractivity contribution in [2.45, 2.75) is 5.33 Å². The van der Waals surface area contributed by atoms with Gasteiger partial charge in [0.15, 0.2) is 17.8 Å². The Kier molecular flexibility index (Phi) is 4.89. The van der Waals surface area contributed by atoms with Gasteiger partial charge in [-0.1, -0.05) is 15.9 Å². The Morgan fingerprint density at radius 1 is 1.47 bits per heavy atom. The van der Waals surface area contributed by atoms with Crippen LogP contribution in [-0.2, 0) is 10.1 Å². The van der Waals surface area contributed by atoms with E-state index in [-0.39, 0.29) is 18.0 Å². The molecule has 0 aromatic heterocycles. The van der Waals surface area contributed by atoms with Gasteiger partial charge in [-0.05, 0) is 6.07 Å². The van der Waals surface area contributed by atoms with Gasteiger partial charge in [0.05, 0.1) is 18.1 Å². The van der Waals surface area contributed by atoms with Gasteiger partial charge >= 0.3 is 0 Å². The standard InChI is InChI=1S/C10H10BrNO5/c1-16-9-5-8(12(14)15)7(6-11)4-10(9)17-3-2-13/h2,4-5H,3,6H2,1H3. The first-order valence-corrected chi connectivity index (χ1v) is 5.73. The highest BCUT2D eigenvalue weighted by Crippen LogP contribution is 2.35. The molecule has 0 aliphatic carbocycles. The van der Waals surface area contributed by atoms with Gasteiger partial charge in [-0.3, -0.25) is 14.9 Å². The number of carbonyl (C=O) groups is 1. The van der Waals surface area contributed by atoms with Crippen LogP contribution in [0.5, 0.6) is 11.5 Å². The van der Waals surface area contributed by atoms with E-state index >= 15 is 0 Å². The Balaban J connectivity index is 3.22. The van der Waals surface area contributed by atoms with E-state index in [2.05, 4.69) is 15.9 Å². The summed E-state index contributed by atoms with van der Waals surface area (Å²) in [5.74, 6) is 0.530. The van der Waals surface area contributed by atoms with Crippen LogP contribution >= 0.6 is 15.9 Å². The maximum Gasteiger partial charge on any atom is 0.277 e. The van der Waals surface area contributed by atoms with Crippen molar-refractivity contribution in [2.75, 3.05) is 13.7 Å². The van der Waals surface area contributed by atoms with Gasteiger partial charge in [0.1, 0.15) is 6.61 Å². The van der Waals surface area contributed by atoms with Gasteiger partial charge in [-0.2, -0.15) is 0 Å². The summed E-state index contributed by atoms with van der Waals surface area (Å²) in [4.78, 5) is 20.5. The minimum atomic E-state index is -0.497. The molecule has 0 atom stereocenters. The second-order valence-corrected chi connectivity index (χ2v) is 3.56. The summed E-state index contributed by atoms with van der Waals surface area (Å²) >= 11 is 3.16. The third-order valence-corrected chi connectivity index (χ3v) is 2.62. The molecule has 0 saturated carbocycles. The fraction of sp³-hybridized carbons (Fsp3) is 0.300. The highest BCUT2D eigenvalue weighted by atomic mass is 79.9. The molecule has 1 aromatic carbocycles. The highest BCUT2D eigenvalue weighted by molar-refractivity contribution is 9.08. The van der Waals surface area contributed by atoms with Crippen LogP contribution in [0.3, 0.4) is 0 Å². The second kappa shape index (κ2) is 6.19. The lowest BCUT2D eigenvalue weighted by atomic mass is 10.2. The predicted octanol–water partition coefficient (Wildman–Crippen LogP) is 2.08. The van der Waals surface area contributed by atoms with Crippen molar-refractivity contribution in [2.24, 2.45) is 0 Å². The van der Waals surface area contributed by atoms with Gasteiger partial charge in [-0.15, -0.1) is 0 Å². The number of benzene rings is 1. The molecule has 7 heteroatoms. The smallest absolute Gasteiger partial charge is 0.277 e. The molecule has 1 aromatic rings. The molecular weight excluding hydrogens is 294 g/mol. The lowest BCUT2D eigenvalue weighted by Crippen LogP contribution is -2.02. The number of methoxy groups -OCH3 is 1. The average Bonchev–Trinajstić information content (AvgIpc) is 2.34. The van der Waals surface area contributed by atoms with Crippen molar-refractivity contribution >= 4 is 27.9 Å². The Morgan fingerprint density at radius 2 is 2.18 bits per heavy atom. The molecule has 0 saturated heterocycles.